The third kappa shape index (κ3) is 6.36. The van der Waals surface area contributed by atoms with Gasteiger partial charge in [0.15, 0.2) is 11.5 Å². The van der Waals surface area contributed by atoms with Gasteiger partial charge in [0.1, 0.15) is 6.61 Å². The molecule has 0 saturated carbocycles. The molecule has 6 heteroatoms. The maximum absolute atomic E-state index is 6.43. The van der Waals surface area contributed by atoms with Crippen molar-refractivity contribution in [2.75, 3.05) is 34.3 Å². The topological polar surface area (TPSA) is 33.7 Å². The second-order valence-electron chi connectivity index (χ2n) is 6.32. The van der Waals surface area contributed by atoms with Crippen molar-refractivity contribution in [2.24, 2.45) is 0 Å². The molecule has 0 aliphatic carbocycles. The molecule has 0 aliphatic rings. The lowest BCUT2D eigenvalue weighted by Gasteiger charge is -2.15. The number of methoxy groups -OCH3 is 1. The van der Waals surface area contributed by atoms with Crippen molar-refractivity contribution in [1.82, 2.24) is 10.2 Å². The Morgan fingerprint density at radius 3 is 2.54 bits per heavy atom. The summed E-state index contributed by atoms with van der Waals surface area (Å²) < 4.78 is 11.4. The Hall–Kier alpha value is -1.46. The van der Waals surface area contributed by atoms with Crippen molar-refractivity contribution in [3.05, 3.63) is 57.6 Å². The first-order chi connectivity index (χ1) is 12.5. The van der Waals surface area contributed by atoms with Crippen LogP contribution in [0.4, 0.5) is 0 Å². The van der Waals surface area contributed by atoms with Crippen molar-refractivity contribution in [2.45, 2.75) is 19.6 Å². The molecule has 0 aliphatic heterocycles. The fourth-order valence-corrected chi connectivity index (χ4v) is 3.01. The first-order valence-corrected chi connectivity index (χ1v) is 9.35. The predicted octanol–water partition coefficient (Wildman–Crippen LogP) is 4.62. The van der Waals surface area contributed by atoms with Crippen LogP contribution in [0.5, 0.6) is 11.5 Å². The minimum atomic E-state index is 0.331. The molecule has 0 fully saturated rings. The van der Waals surface area contributed by atoms with Gasteiger partial charge in [0.05, 0.1) is 12.1 Å². The van der Waals surface area contributed by atoms with Crippen LogP contribution in [0.15, 0.2) is 36.4 Å². The van der Waals surface area contributed by atoms with E-state index in [9.17, 15) is 0 Å². The Balaban J connectivity index is 1.98. The van der Waals surface area contributed by atoms with Gasteiger partial charge in [-0.3, -0.25) is 0 Å². The number of halogens is 2. The summed E-state index contributed by atoms with van der Waals surface area (Å²) in [6.07, 6.45) is 1.09. The molecule has 0 radical (unpaired) electrons. The third-order valence-electron chi connectivity index (χ3n) is 3.91. The highest BCUT2D eigenvalue weighted by atomic mass is 35.5. The molecule has 0 aromatic heterocycles. The molecule has 2 rings (SSSR count). The van der Waals surface area contributed by atoms with E-state index in [4.69, 9.17) is 32.7 Å². The summed E-state index contributed by atoms with van der Waals surface area (Å²) in [5.41, 5.74) is 1.96. The van der Waals surface area contributed by atoms with E-state index in [2.05, 4.69) is 24.3 Å². The summed E-state index contributed by atoms with van der Waals surface area (Å²) in [7, 11) is 5.76. The molecule has 0 atom stereocenters. The minimum Gasteiger partial charge on any atom is -0.493 e. The summed E-state index contributed by atoms with van der Waals surface area (Å²) in [6, 6.07) is 11.4. The van der Waals surface area contributed by atoms with Gasteiger partial charge < -0.3 is 19.7 Å². The molecule has 0 heterocycles. The second kappa shape index (κ2) is 10.6. The highest BCUT2D eigenvalue weighted by Crippen LogP contribution is 2.37. The Labute approximate surface area is 166 Å². The third-order valence-corrected chi connectivity index (χ3v) is 4.56. The van der Waals surface area contributed by atoms with E-state index in [1.807, 2.05) is 36.4 Å². The molecular formula is C20H26Cl2N2O2. The van der Waals surface area contributed by atoms with Gasteiger partial charge in [-0.2, -0.15) is 0 Å². The van der Waals surface area contributed by atoms with Crippen LogP contribution in [0.3, 0.4) is 0 Å². The second-order valence-corrected chi connectivity index (χ2v) is 7.14. The highest BCUT2D eigenvalue weighted by Gasteiger charge is 2.13. The molecule has 2 aromatic rings. The number of ether oxygens (including phenoxy) is 2. The van der Waals surface area contributed by atoms with Crippen molar-refractivity contribution in [1.29, 1.82) is 0 Å². The van der Waals surface area contributed by atoms with Crippen molar-refractivity contribution in [3.8, 4) is 11.5 Å². The maximum atomic E-state index is 6.43. The monoisotopic (exact) mass is 396 g/mol. The van der Waals surface area contributed by atoms with Crippen LogP contribution >= 0.6 is 23.2 Å². The van der Waals surface area contributed by atoms with E-state index in [0.717, 1.165) is 37.2 Å². The zero-order valence-corrected chi connectivity index (χ0v) is 17.0. The number of nitrogens with one attached hydrogen (secondary N) is 1. The molecular weight excluding hydrogens is 371 g/mol. The fraction of sp³-hybridized carbons (Fsp3) is 0.400. The Morgan fingerprint density at radius 2 is 1.85 bits per heavy atom. The summed E-state index contributed by atoms with van der Waals surface area (Å²) in [6.45, 7) is 3.07. The van der Waals surface area contributed by atoms with Gasteiger partial charge in [0, 0.05) is 17.1 Å². The smallest absolute Gasteiger partial charge is 0.180 e. The van der Waals surface area contributed by atoms with Crippen LogP contribution in [-0.4, -0.2) is 39.2 Å². The Bertz CT molecular complexity index is 708. The summed E-state index contributed by atoms with van der Waals surface area (Å²) in [4.78, 5) is 2.17. The van der Waals surface area contributed by atoms with E-state index < -0.39 is 0 Å². The van der Waals surface area contributed by atoms with Crippen LogP contribution in [0.25, 0.3) is 0 Å². The lowest BCUT2D eigenvalue weighted by atomic mass is 10.2. The van der Waals surface area contributed by atoms with Gasteiger partial charge in [-0.25, -0.2) is 0 Å². The van der Waals surface area contributed by atoms with Gasteiger partial charge >= 0.3 is 0 Å². The Kier molecular flexibility index (Phi) is 8.52. The minimum absolute atomic E-state index is 0.331. The van der Waals surface area contributed by atoms with Crippen molar-refractivity contribution in [3.63, 3.8) is 0 Å². The van der Waals surface area contributed by atoms with E-state index in [-0.39, 0.29) is 0 Å². The van der Waals surface area contributed by atoms with Gasteiger partial charge in [0.2, 0.25) is 0 Å². The van der Waals surface area contributed by atoms with Crippen molar-refractivity contribution < 1.29 is 9.47 Å². The molecule has 0 bridgehead atoms. The average molecular weight is 397 g/mol. The van der Waals surface area contributed by atoms with Crippen LogP contribution in [0.2, 0.25) is 10.0 Å². The van der Waals surface area contributed by atoms with E-state index in [1.54, 1.807) is 7.11 Å². The van der Waals surface area contributed by atoms with Crippen LogP contribution < -0.4 is 14.8 Å². The number of rotatable bonds is 10. The lowest BCUT2D eigenvalue weighted by molar-refractivity contribution is 0.284. The van der Waals surface area contributed by atoms with Gasteiger partial charge in [-0.1, -0.05) is 41.4 Å². The summed E-state index contributed by atoms with van der Waals surface area (Å²) in [5.74, 6) is 1.15. The molecule has 0 saturated heterocycles. The normalized spacial score (nSPS) is 11.0. The molecule has 142 valence electrons. The highest BCUT2D eigenvalue weighted by molar-refractivity contribution is 6.32. The van der Waals surface area contributed by atoms with Gasteiger partial charge in [0.25, 0.3) is 0 Å². The van der Waals surface area contributed by atoms with E-state index in [0.29, 0.717) is 28.2 Å². The predicted molar refractivity (Wildman–Crippen MR) is 109 cm³/mol. The molecule has 0 amide bonds. The van der Waals surface area contributed by atoms with E-state index in [1.165, 1.54) is 0 Å². The largest absolute Gasteiger partial charge is 0.493 e. The zero-order valence-electron chi connectivity index (χ0n) is 15.5. The molecule has 0 unspecified atom stereocenters. The number of benzene rings is 2. The summed E-state index contributed by atoms with van der Waals surface area (Å²) in [5, 5.41) is 4.62. The maximum Gasteiger partial charge on any atom is 0.180 e. The van der Waals surface area contributed by atoms with Crippen molar-refractivity contribution >= 4 is 23.2 Å². The SMILES string of the molecule is COc1cc(CNCCCN(C)C)cc(Cl)c1OCc1ccccc1Cl. The van der Waals surface area contributed by atoms with Gasteiger partial charge in [-0.05, 0) is 57.4 Å². The van der Waals surface area contributed by atoms with Gasteiger partial charge in [-0.15, -0.1) is 0 Å². The molecule has 2 aromatic carbocycles. The fourth-order valence-electron chi connectivity index (χ4n) is 2.53. The molecule has 1 N–H and O–H groups in total. The first-order valence-electron chi connectivity index (χ1n) is 8.59. The standard InChI is InChI=1S/C20H26Cl2N2O2/c1-24(2)10-6-9-23-13-15-11-18(22)20(19(12-15)25-3)26-14-16-7-4-5-8-17(16)21/h4-5,7-8,11-12,23H,6,9-10,13-14H2,1-3H3. The van der Waals surface area contributed by atoms with Crippen LogP contribution in [0.1, 0.15) is 17.5 Å². The number of nitrogens with zero attached hydrogens (tertiary/aromatic N) is 1. The molecule has 0 spiro atoms. The summed E-state index contributed by atoms with van der Waals surface area (Å²) >= 11 is 12.6. The van der Waals surface area contributed by atoms with Crippen LogP contribution in [-0.2, 0) is 13.2 Å². The number of hydrogen-bond acceptors (Lipinski definition) is 4. The first kappa shape index (κ1) is 20.8. The quantitative estimate of drug-likeness (QED) is 0.593. The average Bonchev–Trinajstić information content (AvgIpc) is 2.61. The van der Waals surface area contributed by atoms with Crippen LogP contribution in [0, 0.1) is 0 Å². The lowest BCUT2D eigenvalue weighted by Crippen LogP contribution is -2.21. The Morgan fingerprint density at radius 1 is 1.08 bits per heavy atom. The molecule has 4 nitrogen and oxygen atoms in total. The van der Waals surface area contributed by atoms with E-state index >= 15 is 0 Å². The zero-order chi connectivity index (χ0) is 18.9. The number of hydrogen-bond donors (Lipinski definition) is 1. The molecule has 26 heavy (non-hydrogen) atoms.